The lowest BCUT2D eigenvalue weighted by atomic mass is 10.1. The van der Waals surface area contributed by atoms with Crippen molar-refractivity contribution >= 4 is 10.9 Å². The van der Waals surface area contributed by atoms with E-state index in [0.717, 1.165) is 10.9 Å². The molecule has 4 heteroatoms. The second-order valence-corrected chi connectivity index (χ2v) is 3.85. The molecule has 3 rings (SSSR count). The van der Waals surface area contributed by atoms with Gasteiger partial charge in [-0.2, -0.15) is 0 Å². The van der Waals surface area contributed by atoms with Gasteiger partial charge >= 0.3 is 0 Å². The van der Waals surface area contributed by atoms with E-state index in [-0.39, 0.29) is 0 Å². The zero-order valence-corrected chi connectivity index (χ0v) is 9.67. The molecule has 18 heavy (non-hydrogen) atoms. The van der Waals surface area contributed by atoms with Crippen molar-refractivity contribution < 1.29 is 9.47 Å². The Balaban J connectivity index is 1.80. The standard InChI is InChI=1S/C14H12N2O2/c1-2-4-13-12(3-1)11(5-6-15-13)9-16-14-10-17-7-8-18-14/h1-8,10,16H,9H2. The topological polar surface area (TPSA) is 43.4 Å². The smallest absolute Gasteiger partial charge is 0.228 e. The fraction of sp³-hybridized carbons (Fsp3) is 0.0714. The molecule has 2 heterocycles. The number of aromatic nitrogens is 1. The molecule has 2 aromatic rings. The van der Waals surface area contributed by atoms with Crippen molar-refractivity contribution in [3.05, 3.63) is 66.8 Å². The molecule has 1 aliphatic heterocycles. The first-order chi connectivity index (χ1) is 8.93. The number of para-hydroxylation sites is 1. The van der Waals surface area contributed by atoms with Crippen LogP contribution in [0.2, 0.25) is 0 Å². The Morgan fingerprint density at radius 1 is 1.11 bits per heavy atom. The second kappa shape index (κ2) is 4.79. The highest BCUT2D eigenvalue weighted by Crippen LogP contribution is 2.16. The molecule has 0 amide bonds. The largest absolute Gasteiger partial charge is 0.464 e. The number of fused-ring (bicyclic) bond motifs is 1. The molecule has 4 nitrogen and oxygen atoms in total. The van der Waals surface area contributed by atoms with Gasteiger partial charge in [0.25, 0.3) is 0 Å². The Morgan fingerprint density at radius 3 is 2.94 bits per heavy atom. The summed E-state index contributed by atoms with van der Waals surface area (Å²) in [5, 5.41) is 4.30. The number of rotatable bonds is 3. The van der Waals surface area contributed by atoms with E-state index < -0.39 is 0 Å². The minimum atomic E-state index is 0.596. The molecule has 0 spiro atoms. The number of ether oxygens (including phenoxy) is 2. The van der Waals surface area contributed by atoms with Gasteiger partial charge in [-0.05, 0) is 17.7 Å². The lowest BCUT2D eigenvalue weighted by molar-refractivity contribution is 0.233. The van der Waals surface area contributed by atoms with Crippen molar-refractivity contribution in [2.45, 2.75) is 6.54 Å². The summed E-state index contributed by atoms with van der Waals surface area (Å²) in [6.45, 7) is 0.659. The number of hydrogen-bond acceptors (Lipinski definition) is 4. The van der Waals surface area contributed by atoms with Crippen molar-refractivity contribution in [1.82, 2.24) is 10.3 Å². The number of benzene rings is 1. The maximum atomic E-state index is 5.24. The van der Waals surface area contributed by atoms with Crippen molar-refractivity contribution in [2.75, 3.05) is 0 Å². The van der Waals surface area contributed by atoms with Crippen LogP contribution < -0.4 is 5.32 Å². The first-order valence-corrected chi connectivity index (χ1v) is 5.67. The first-order valence-electron chi connectivity index (χ1n) is 5.67. The van der Waals surface area contributed by atoms with Crippen molar-refractivity contribution in [1.29, 1.82) is 0 Å². The van der Waals surface area contributed by atoms with Crippen LogP contribution in [0.25, 0.3) is 10.9 Å². The Bertz CT molecular complexity index is 615. The molecule has 0 bridgehead atoms. The lowest BCUT2D eigenvalue weighted by Crippen LogP contribution is -2.15. The van der Waals surface area contributed by atoms with Crippen LogP contribution in [0.15, 0.2) is 61.2 Å². The SMILES string of the molecule is C1=COC(NCc2ccnc3ccccc23)=CO1. The maximum Gasteiger partial charge on any atom is 0.228 e. The summed E-state index contributed by atoms with van der Waals surface area (Å²) in [6.07, 6.45) is 6.31. The molecule has 0 fully saturated rings. The Labute approximate surface area is 105 Å². The summed E-state index contributed by atoms with van der Waals surface area (Å²) in [7, 11) is 0. The van der Waals surface area contributed by atoms with Crippen molar-refractivity contribution in [2.24, 2.45) is 0 Å². The molecule has 0 radical (unpaired) electrons. The van der Waals surface area contributed by atoms with Gasteiger partial charge in [0, 0.05) is 18.1 Å². The Kier molecular flexibility index (Phi) is 2.84. The van der Waals surface area contributed by atoms with E-state index in [9.17, 15) is 0 Å². The second-order valence-electron chi connectivity index (χ2n) is 3.85. The van der Waals surface area contributed by atoms with Crippen LogP contribution in [0.1, 0.15) is 5.56 Å². The van der Waals surface area contributed by atoms with E-state index >= 15 is 0 Å². The van der Waals surface area contributed by atoms with E-state index in [1.54, 1.807) is 0 Å². The van der Waals surface area contributed by atoms with Gasteiger partial charge in [0.15, 0.2) is 6.26 Å². The molecule has 1 aromatic carbocycles. The molecule has 0 unspecified atom stereocenters. The van der Waals surface area contributed by atoms with Gasteiger partial charge in [-0.3, -0.25) is 4.98 Å². The normalized spacial score (nSPS) is 13.7. The summed E-state index contributed by atoms with van der Waals surface area (Å²) in [5.74, 6) is 0.596. The molecule has 1 aromatic heterocycles. The van der Waals surface area contributed by atoms with Crippen LogP contribution in [-0.4, -0.2) is 4.98 Å². The third kappa shape index (κ3) is 2.13. The third-order valence-electron chi connectivity index (χ3n) is 2.70. The lowest BCUT2D eigenvalue weighted by Gasteiger charge is -2.12. The fourth-order valence-electron chi connectivity index (χ4n) is 1.84. The first kappa shape index (κ1) is 10.7. The predicted molar refractivity (Wildman–Crippen MR) is 68.0 cm³/mol. The highest BCUT2D eigenvalue weighted by atomic mass is 16.5. The average Bonchev–Trinajstić information content (AvgIpc) is 2.46. The minimum absolute atomic E-state index is 0.596. The van der Waals surface area contributed by atoms with Crippen molar-refractivity contribution in [3.8, 4) is 0 Å². The van der Waals surface area contributed by atoms with Gasteiger partial charge in [0.1, 0.15) is 12.5 Å². The minimum Gasteiger partial charge on any atom is -0.464 e. The fourth-order valence-corrected chi connectivity index (χ4v) is 1.84. The van der Waals surface area contributed by atoms with Crippen LogP contribution >= 0.6 is 0 Å². The number of pyridine rings is 1. The van der Waals surface area contributed by atoms with E-state index in [1.807, 2.05) is 30.5 Å². The third-order valence-corrected chi connectivity index (χ3v) is 2.70. The summed E-state index contributed by atoms with van der Waals surface area (Å²) in [5.41, 5.74) is 2.16. The zero-order valence-electron chi connectivity index (χ0n) is 9.67. The highest BCUT2D eigenvalue weighted by Gasteiger charge is 2.04. The molecule has 0 saturated heterocycles. The Hall–Kier alpha value is -2.49. The number of nitrogens with one attached hydrogen (secondary N) is 1. The monoisotopic (exact) mass is 240 g/mol. The van der Waals surface area contributed by atoms with Crippen molar-refractivity contribution in [3.63, 3.8) is 0 Å². The van der Waals surface area contributed by atoms with Gasteiger partial charge in [0.2, 0.25) is 5.88 Å². The summed E-state index contributed by atoms with van der Waals surface area (Å²) in [6, 6.07) is 10.1. The molecule has 0 atom stereocenters. The van der Waals surface area contributed by atoms with E-state index in [2.05, 4.69) is 16.4 Å². The van der Waals surface area contributed by atoms with Gasteiger partial charge < -0.3 is 14.8 Å². The van der Waals surface area contributed by atoms with E-state index in [4.69, 9.17) is 9.47 Å². The van der Waals surface area contributed by atoms with Gasteiger partial charge in [0.05, 0.1) is 5.52 Å². The quantitative estimate of drug-likeness (QED) is 0.895. The van der Waals surface area contributed by atoms with Crippen LogP contribution in [0.3, 0.4) is 0 Å². The van der Waals surface area contributed by atoms with Crippen LogP contribution in [0, 0.1) is 0 Å². The molecule has 90 valence electrons. The van der Waals surface area contributed by atoms with Crippen LogP contribution in [0.4, 0.5) is 0 Å². The van der Waals surface area contributed by atoms with Crippen LogP contribution in [0.5, 0.6) is 0 Å². The average molecular weight is 240 g/mol. The van der Waals surface area contributed by atoms with Gasteiger partial charge in [-0.25, -0.2) is 0 Å². The molecule has 1 N–H and O–H groups in total. The van der Waals surface area contributed by atoms with E-state index in [0.29, 0.717) is 12.4 Å². The molecular formula is C14H12N2O2. The molecule has 1 aliphatic rings. The summed E-state index contributed by atoms with van der Waals surface area (Å²) in [4.78, 5) is 4.33. The molecular weight excluding hydrogens is 228 g/mol. The summed E-state index contributed by atoms with van der Waals surface area (Å²) >= 11 is 0. The van der Waals surface area contributed by atoms with Gasteiger partial charge in [-0.15, -0.1) is 0 Å². The number of hydrogen-bond donors (Lipinski definition) is 1. The molecule has 0 aliphatic carbocycles. The highest BCUT2D eigenvalue weighted by molar-refractivity contribution is 5.81. The summed E-state index contributed by atoms with van der Waals surface area (Å²) < 4.78 is 10.3. The van der Waals surface area contributed by atoms with E-state index in [1.165, 1.54) is 24.3 Å². The van der Waals surface area contributed by atoms with Crippen LogP contribution in [-0.2, 0) is 16.0 Å². The Morgan fingerprint density at radius 2 is 2.06 bits per heavy atom. The number of nitrogens with zero attached hydrogens (tertiary/aromatic N) is 1. The maximum absolute atomic E-state index is 5.24. The zero-order chi connectivity index (χ0) is 12.2. The predicted octanol–water partition coefficient (Wildman–Crippen LogP) is 2.64. The molecule has 0 saturated carbocycles. The van der Waals surface area contributed by atoms with Gasteiger partial charge in [-0.1, -0.05) is 18.2 Å².